The van der Waals surface area contributed by atoms with Crippen LogP contribution in [0, 0.1) is 0 Å². The minimum atomic E-state index is -0.780. The molecule has 0 spiro atoms. The largest absolute Gasteiger partial charge is 0.462 e. The number of carbonyl (C=O) groups is 3. The SMILES string of the molecule is CCCCCCC/C=C\C/C=C\CCCCCCCCCCCCCCCCCC(=O)OCC(COC(=O)CCCCCCC/C=C\CCCCCCCC)OC(=O)CCCCCCC/C=C\CCCCCCCC. The second kappa shape index (κ2) is 63.9. The minimum Gasteiger partial charge on any atom is -0.462 e. The molecule has 0 aromatic heterocycles. The lowest BCUT2D eigenvalue weighted by Crippen LogP contribution is -2.30. The molecule has 0 N–H and O–H groups in total. The van der Waals surface area contributed by atoms with E-state index in [9.17, 15) is 14.4 Å². The van der Waals surface area contributed by atoms with Gasteiger partial charge in [0.05, 0.1) is 0 Å². The fraction of sp³-hybridized carbons (Fsp3) is 0.841. The number of rotatable bonds is 61. The molecule has 0 rings (SSSR count). The van der Waals surface area contributed by atoms with Gasteiger partial charge in [0.1, 0.15) is 13.2 Å². The van der Waals surface area contributed by atoms with Crippen molar-refractivity contribution in [1.29, 1.82) is 0 Å². The maximum Gasteiger partial charge on any atom is 0.306 e. The van der Waals surface area contributed by atoms with E-state index in [0.29, 0.717) is 19.3 Å². The van der Waals surface area contributed by atoms with E-state index in [1.807, 2.05) is 0 Å². The summed E-state index contributed by atoms with van der Waals surface area (Å²) in [6, 6.07) is 0. The van der Waals surface area contributed by atoms with Crippen LogP contribution >= 0.6 is 0 Å². The van der Waals surface area contributed by atoms with E-state index in [-0.39, 0.29) is 31.1 Å². The summed E-state index contributed by atoms with van der Waals surface area (Å²) in [4.78, 5) is 38.3. The van der Waals surface area contributed by atoms with E-state index in [1.165, 1.54) is 238 Å². The molecule has 0 fully saturated rings. The number of allylic oxidation sites excluding steroid dienone is 8. The maximum absolute atomic E-state index is 12.9. The van der Waals surface area contributed by atoms with E-state index in [0.717, 1.165) is 77.0 Å². The highest BCUT2D eigenvalue weighted by Crippen LogP contribution is 2.17. The number of hydrogen-bond donors (Lipinski definition) is 0. The van der Waals surface area contributed by atoms with Gasteiger partial charge in [-0.3, -0.25) is 14.4 Å². The zero-order chi connectivity index (χ0) is 54.3. The van der Waals surface area contributed by atoms with E-state index >= 15 is 0 Å². The Morgan fingerprint density at radius 3 is 0.747 bits per heavy atom. The maximum atomic E-state index is 12.9. The fourth-order valence-electron chi connectivity index (χ4n) is 9.76. The Hall–Kier alpha value is -2.63. The molecule has 0 aliphatic heterocycles. The molecule has 0 radical (unpaired) electrons. The Morgan fingerprint density at radius 1 is 0.267 bits per heavy atom. The van der Waals surface area contributed by atoms with Gasteiger partial charge in [-0.15, -0.1) is 0 Å². The van der Waals surface area contributed by atoms with Crippen molar-refractivity contribution in [1.82, 2.24) is 0 Å². The molecule has 6 heteroatoms. The third-order valence-corrected chi connectivity index (χ3v) is 14.8. The molecule has 0 saturated heterocycles. The van der Waals surface area contributed by atoms with Crippen molar-refractivity contribution >= 4 is 17.9 Å². The zero-order valence-electron chi connectivity index (χ0n) is 50.3. The van der Waals surface area contributed by atoms with Gasteiger partial charge >= 0.3 is 17.9 Å². The topological polar surface area (TPSA) is 78.9 Å². The molecule has 0 aromatic rings. The second-order valence-electron chi connectivity index (χ2n) is 22.4. The first-order valence-corrected chi connectivity index (χ1v) is 33.1. The van der Waals surface area contributed by atoms with Crippen LogP contribution in [0.2, 0.25) is 0 Å². The number of carbonyl (C=O) groups excluding carboxylic acids is 3. The number of unbranched alkanes of at least 4 members (excludes halogenated alkanes) is 42. The molecule has 1 unspecified atom stereocenters. The Labute approximate surface area is 467 Å². The van der Waals surface area contributed by atoms with E-state index < -0.39 is 6.10 Å². The first kappa shape index (κ1) is 72.4. The summed E-state index contributed by atoms with van der Waals surface area (Å²) in [5.41, 5.74) is 0. The van der Waals surface area contributed by atoms with E-state index in [2.05, 4.69) is 69.4 Å². The average molecular weight is 1050 g/mol. The fourth-order valence-corrected chi connectivity index (χ4v) is 9.76. The van der Waals surface area contributed by atoms with Crippen LogP contribution in [0.5, 0.6) is 0 Å². The summed E-state index contributed by atoms with van der Waals surface area (Å²) < 4.78 is 16.9. The Balaban J connectivity index is 4.24. The van der Waals surface area contributed by atoms with Gasteiger partial charge in [0.2, 0.25) is 0 Å². The molecule has 0 amide bonds. The van der Waals surface area contributed by atoms with Crippen LogP contribution < -0.4 is 0 Å². The lowest BCUT2D eigenvalue weighted by atomic mass is 10.0. The smallest absolute Gasteiger partial charge is 0.306 e. The molecule has 1 atom stereocenters. The Kier molecular flexibility index (Phi) is 61.7. The van der Waals surface area contributed by atoms with E-state index in [4.69, 9.17) is 14.2 Å². The lowest BCUT2D eigenvalue weighted by Gasteiger charge is -2.18. The minimum absolute atomic E-state index is 0.0761. The summed E-state index contributed by atoms with van der Waals surface area (Å²) in [7, 11) is 0. The highest BCUT2D eigenvalue weighted by Gasteiger charge is 2.19. The van der Waals surface area contributed by atoms with Gasteiger partial charge in [-0.2, -0.15) is 0 Å². The van der Waals surface area contributed by atoms with E-state index in [1.54, 1.807) is 0 Å². The molecule has 0 heterocycles. The molecule has 0 bridgehead atoms. The molecule has 0 aliphatic carbocycles. The molecular formula is C69H126O6. The van der Waals surface area contributed by atoms with Crippen molar-refractivity contribution in [3.05, 3.63) is 48.6 Å². The number of ether oxygens (including phenoxy) is 3. The molecule has 438 valence electrons. The molecular weight excluding hydrogens is 925 g/mol. The highest BCUT2D eigenvalue weighted by atomic mass is 16.6. The first-order chi connectivity index (χ1) is 37.0. The lowest BCUT2D eigenvalue weighted by molar-refractivity contribution is -0.167. The van der Waals surface area contributed by atoms with Crippen molar-refractivity contribution in [3.63, 3.8) is 0 Å². The monoisotopic (exact) mass is 1050 g/mol. The summed E-state index contributed by atoms with van der Waals surface area (Å²) in [5, 5.41) is 0. The Morgan fingerprint density at radius 2 is 0.480 bits per heavy atom. The third-order valence-electron chi connectivity index (χ3n) is 14.8. The van der Waals surface area contributed by atoms with Crippen molar-refractivity contribution in [2.75, 3.05) is 13.2 Å². The van der Waals surface area contributed by atoms with Gasteiger partial charge in [0, 0.05) is 19.3 Å². The van der Waals surface area contributed by atoms with Gasteiger partial charge in [0.25, 0.3) is 0 Å². The third kappa shape index (κ3) is 62.1. The standard InChI is InChI=1S/C69H126O6/c1-4-7-10-13-16-19-22-25-28-29-30-31-32-33-34-35-36-37-38-39-42-44-47-50-53-56-59-62-68(71)74-65-66(75-69(72)63-60-57-54-51-48-45-41-27-24-21-18-15-12-9-6-3)64-73-67(70)61-58-55-52-49-46-43-40-26-23-20-17-14-11-8-5-2/h22,25-27,29-30,40-41,66H,4-21,23-24,28,31-39,42-65H2,1-3H3/b25-22-,30-29-,40-26-,41-27-. The number of hydrogen-bond acceptors (Lipinski definition) is 6. The van der Waals surface area contributed by atoms with Crippen LogP contribution in [0.15, 0.2) is 48.6 Å². The molecule has 75 heavy (non-hydrogen) atoms. The van der Waals surface area contributed by atoms with Gasteiger partial charge < -0.3 is 14.2 Å². The van der Waals surface area contributed by atoms with Crippen LogP contribution in [0.25, 0.3) is 0 Å². The predicted molar refractivity (Wildman–Crippen MR) is 325 cm³/mol. The van der Waals surface area contributed by atoms with Gasteiger partial charge in [0.15, 0.2) is 6.10 Å². The Bertz CT molecular complexity index is 1300. The first-order valence-electron chi connectivity index (χ1n) is 33.1. The van der Waals surface area contributed by atoms with Crippen molar-refractivity contribution in [3.8, 4) is 0 Å². The zero-order valence-corrected chi connectivity index (χ0v) is 50.3. The highest BCUT2D eigenvalue weighted by molar-refractivity contribution is 5.71. The van der Waals surface area contributed by atoms with Crippen molar-refractivity contribution in [2.45, 2.75) is 361 Å². The van der Waals surface area contributed by atoms with Crippen LogP contribution in [0.3, 0.4) is 0 Å². The van der Waals surface area contributed by atoms with Crippen LogP contribution in [-0.2, 0) is 28.6 Å². The molecule has 0 saturated carbocycles. The van der Waals surface area contributed by atoms with Gasteiger partial charge in [-0.25, -0.2) is 0 Å². The number of esters is 3. The van der Waals surface area contributed by atoms with Crippen molar-refractivity contribution < 1.29 is 28.6 Å². The van der Waals surface area contributed by atoms with Gasteiger partial charge in [-0.1, -0.05) is 281 Å². The summed E-state index contributed by atoms with van der Waals surface area (Å²) in [6.07, 6.45) is 79.8. The summed E-state index contributed by atoms with van der Waals surface area (Å²) in [6.45, 7) is 6.65. The summed E-state index contributed by atoms with van der Waals surface area (Å²) >= 11 is 0. The predicted octanol–water partition coefficient (Wildman–Crippen LogP) is 22.6. The normalized spacial score (nSPS) is 12.3. The average Bonchev–Trinajstić information content (AvgIpc) is 3.41. The second-order valence-corrected chi connectivity index (χ2v) is 22.4. The van der Waals surface area contributed by atoms with Crippen LogP contribution in [0.1, 0.15) is 355 Å². The van der Waals surface area contributed by atoms with Gasteiger partial charge in [-0.05, 0) is 103 Å². The molecule has 0 aromatic carbocycles. The molecule has 6 nitrogen and oxygen atoms in total. The molecule has 0 aliphatic rings. The van der Waals surface area contributed by atoms with Crippen LogP contribution in [-0.4, -0.2) is 37.2 Å². The van der Waals surface area contributed by atoms with Crippen molar-refractivity contribution in [2.24, 2.45) is 0 Å². The van der Waals surface area contributed by atoms with Crippen LogP contribution in [0.4, 0.5) is 0 Å². The quantitative estimate of drug-likeness (QED) is 0.0261. The summed E-state index contributed by atoms with van der Waals surface area (Å²) in [5.74, 6) is -0.873.